The highest BCUT2D eigenvalue weighted by Gasteiger charge is 2.40. The van der Waals surface area contributed by atoms with Crippen LogP contribution in [0, 0.1) is 0 Å². The van der Waals surface area contributed by atoms with Crippen LogP contribution in [0.15, 0.2) is 42.5 Å². The van der Waals surface area contributed by atoms with Crippen molar-refractivity contribution >= 4 is 14.4 Å². The number of hydrogen-bond acceptors (Lipinski definition) is 3. The zero-order chi connectivity index (χ0) is 20.5. The van der Waals surface area contributed by atoms with Crippen LogP contribution in [0.4, 0.5) is 4.79 Å². The number of rotatable bonds is 4. The van der Waals surface area contributed by atoms with E-state index in [1.807, 2.05) is 51.1 Å². The first-order chi connectivity index (χ1) is 12.3. The third kappa shape index (κ3) is 5.48. The quantitative estimate of drug-likeness (QED) is 0.582. The second-order valence-corrected chi connectivity index (χ2v) is 14.2. The Morgan fingerprint density at radius 2 is 1.56 bits per heavy atom. The fraction of sp³-hybridized carbons (Fsp3) is 0.500. The van der Waals surface area contributed by atoms with Crippen LogP contribution in [0.5, 0.6) is 5.88 Å². The second-order valence-electron chi connectivity index (χ2n) is 9.50. The summed E-state index contributed by atoms with van der Waals surface area (Å²) in [4.78, 5) is 13.0. The summed E-state index contributed by atoms with van der Waals surface area (Å²) in [5.41, 5.74) is 1.43. The fourth-order valence-electron chi connectivity index (χ4n) is 2.41. The number of nitrogens with zero attached hydrogens (tertiary/aromatic N) is 1. The molecular weight excluding hydrogens is 354 g/mol. The minimum Gasteiger partial charge on any atom is -0.531 e. The maximum absolute atomic E-state index is 13.0. The Hall–Kier alpha value is -2.01. The summed E-state index contributed by atoms with van der Waals surface area (Å²) >= 11 is 0. The van der Waals surface area contributed by atoms with Crippen LogP contribution in [0.3, 0.4) is 0 Å². The Morgan fingerprint density at radius 1 is 0.963 bits per heavy atom. The highest BCUT2D eigenvalue weighted by molar-refractivity contribution is 6.74. The first kappa shape index (κ1) is 21.3. The highest BCUT2D eigenvalue weighted by atomic mass is 28.4. The smallest absolute Gasteiger partial charge is 0.421 e. The van der Waals surface area contributed by atoms with Gasteiger partial charge in [-0.1, -0.05) is 51.1 Å². The van der Waals surface area contributed by atoms with Gasteiger partial charge in [0.15, 0.2) is 5.88 Å². The Balaban J connectivity index is 2.43. The molecule has 0 fully saturated rings. The lowest BCUT2D eigenvalue weighted by Crippen LogP contribution is -2.44. The molecule has 1 heterocycles. The van der Waals surface area contributed by atoms with Gasteiger partial charge in [0.2, 0.25) is 0 Å². The van der Waals surface area contributed by atoms with Gasteiger partial charge in [0.25, 0.3) is 8.32 Å². The molecule has 27 heavy (non-hydrogen) atoms. The molecule has 148 valence electrons. The molecule has 0 aliphatic heterocycles. The fourth-order valence-corrected chi connectivity index (χ4v) is 3.40. The van der Waals surface area contributed by atoms with Crippen LogP contribution in [-0.2, 0) is 11.2 Å². The Bertz CT molecular complexity index is 780. The van der Waals surface area contributed by atoms with Crippen molar-refractivity contribution in [2.24, 2.45) is 0 Å². The highest BCUT2D eigenvalue weighted by Crippen LogP contribution is 2.38. The molecule has 0 N–H and O–H groups in total. The van der Waals surface area contributed by atoms with Crippen molar-refractivity contribution in [2.45, 2.75) is 71.7 Å². The molecule has 0 saturated carbocycles. The van der Waals surface area contributed by atoms with Gasteiger partial charge in [0.1, 0.15) is 5.60 Å². The van der Waals surface area contributed by atoms with Crippen LogP contribution in [0.2, 0.25) is 18.1 Å². The van der Waals surface area contributed by atoms with E-state index in [4.69, 9.17) is 9.16 Å². The molecule has 0 spiro atoms. The van der Waals surface area contributed by atoms with Gasteiger partial charge in [-0.2, -0.15) is 0 Å². The van der Waals surface area contributed by atoms with Crippen molar-refractivity contribution in [1.82, 2.24) is 4.57 Å². The minimum absolute atomic E-state index is 0.0373. The van der Waals surface area contributed by atoms with E-state index in [0.717, 1.165) is 11.3 Å². The van der Waals surface area contributed by atoms with Gasteiger partial charge < -0.3 is 9.16 Å². The third-order valence-electron chi connectivity index (χ3n) is 4.90. The van der Waals surface area contributed by atoms with Gasteiger partial charge in [-0.3, -0.25) is 0 Å². The molecule has 0 bridgehead atoms. The van der Waals surface area contributed by atoms with Gasteiger partial charge in [0, 0.05) is 12.1 Å². The average Bonchev–Trinajstić information content (AvgIpc) is 2.87. The van der Waals surface area contributed by atoms with Crippen LogP contribution in [0.1, 0.15) is 52.8 Å². The summed E-state index contributed by atoms with van der Waals surface area (Å²) in [5, 5.41) is 0.0373. The molecule has 1 aromatic carbocycles. The first-order valence-electron chi connectivity index (χ1n) is 9.47. The topological polar surface area (TPSA) is 40.5 Å². The molecule has 2 aromatic rings. The third-order valence-corrected chi connectivity index (χ3v) is 9.23. The Morgan fingerprint density at radius 3 is 2.07 bits per heavy atom. The SMILES string of the molecule is CC(C)(C)OC(=O)n1c(Cc2ccccc2)ccc1O[Si](C)(C)C(C)(C)C. The van der Waals surface area contributed by atoms with Crippen molar-refractivity contribution in [3.05, 3.63) is 53.7 Å². The van der Waals surface area contributed by atoms with Crippen molar-refractivity contribution in [1.29, 1.82) is 0 Å². The molecule has 0 atom stereocenters. The van der Waals surface area contributed by atoms with Gasteiger partial charge in [0.05, 0.1) is 0 Å². The average molecular weight is 388 g/mol. The summed E-state index contributed by atoms with van der Waals surface area (Å²) in [6.45, 7) is 16.5. The van der Waals surface area contributed by atoms with E-state index >= 15 is 0 Å². The summed E-state index contributed by atoms with van der Waals surface area (Å²) in [6.07, 6.45) is 0.244. The van der Waals surface area contributed by atoms with E-state index in [1.165, 1.54) is 0 Å². The number of carbonyl (C=O) groups is 1. The van der Waals surface area contributed by atoms with Gasteiger partial charge >= 0.3 is 6.09 Å². The van der Waals surface area contributed by atoms with E-state index in [2.05, 4.69) is 46.0 Å². The molecule has 2 rings (SSSR count). The van der Waals surface area contributed by atoms with Crippen LogP contribution in [-0.4, -0.2) is 24.6 Å². The summed E-state index contributed by atoms with van der Waals surface area (Å²) < 4.78 is 13.7. The monoisotopic (exact) mass is 387 g/mol. The largest absolute Gasteiger partial charge is 0.531 e. The molecule has 4 nitrogen and oxygen atoms in total. The van der Waals surface area contributed by atoms with Crippen molar-refractivity contribution in [3.63, 3.8) is 0 Å². The number of benzene rings is 1. The normalized spacial score (nSPS) is 12.7. The van der Waals surface area contributed by atoms with E-state index in [-0.39, 0.29) is 5.04 Å². The maximum atomic E-state index is 13.0. The van der Waals surface area contributed by atoms with Crippen molar-refractivity contribution < 1.29 is 14.0 Å². The molecule has 0 unspecified atom stereocenters. The molecular formula is C22H33NO3Si. The zero-order valence-electron chi connectivity index (χ0n) is 17.9. The molecule has 0 saturated heterocycles. The first-order valence-corrected chi connectivity index (χ1v) is 12.4. The number of ether oxygens (including phenoxy) is 1. The van der Waals surface area contributed by atoms with E-state index in [9.17, 15) is 4.79 Å². The molecule has 0 aliphatic carbocycles. The molecule has 0 aliphatic rings. The minimum atomic E-state index is -2.09. The van der Waals surface area contributed by atoms with Crippen LogP contribution >= 0.6 is 0 Å². The van der Waals surface area contributed by atoms with Crippen molar-refractivity contribution in [2.75, 3.05) is 0 Å². The van der Waals surface area contributed by atoms with Gasteiger partial charge in [-0.05, 0) is 56.6 Å². The van der Waals surface area contributed by atoms with Crippen LogP contribution < -0.4 is 4.43 Å². The predicted octanol–water partition coefficient (Wildman–Crippen LogP) is 6.25. The van der Waals surface area contributed by atoms with E-state index in [0.29, 0.717) is 12.3 Å². The molecule has 0 radical (unpaired) electrons. The van der Waals surface area contributed by atoms with E-state index in [1.54, 1.807) is 4.57 Å². The Kier molecular flexibility index (Phi) is 5.95. The van der Waals surface area contributed by atoms with Gasteiger partial charge in [-0.25, -0.2) is 9.36 Å². The number of hydrogen-bond donors (Lipinski definition) is 0. The van der Waals surface area contributed by atoms with Gasteiger partial charge in [-0.15, -0.1) is 0 Å². The summed E-state index contributed by atoms with van der Waals surface area (Å²) in [5.74, 6) is 0.571. The molecule has 0 amide bonds. The lowest BCUT2D eigenvalue weighted by Gasteiger charge is -2.36. The van der Waals surface area contributed by atoms with Crippen molar-refractivity contribution in [3.8, 4) is 5.88 Å². The number of aromatic nitrogens is 1. The summed E-state index contributed by atoms with van der Waals surface area (Å²) in [6, 6.07) is 14.0. The second kappa shape index (κ2) is 7.54. The lowest BCUT2D eigenvalue weighted by atomic mass is 10.1. The summed E-state index contributed by atoms with van der Waals surface area (Å²) in [7, 11) is -2.09. The predicted molar refractivity (Wildman–Crippen MR) is 113 cm³/mol. The number of carbonyl (C=O) groups excluding carboxylic acids is 1. The maximum Gasteiger partial charge on any atom is 0.421 e. The van der Waals surface area contributed by atoms with E-state index < -0.39 is 20.0 Å². The molecule has 1 aromatic heterocycles. The molecule has 5 heteroatoms. The Labute approximate surface area is 164 Å². The lowest BCUT2D eigenvalue weighted by molar-refractivity contribution is 0.0525. The zero-order valence-corrected chi connectivity index (χ0v) is 18.9. The standard InChI is InChI=1S/C22H33NO3Si/c1-21(2,3)25-20(24)23-18(16-17-12-10-9-11-13-17)14-15-19(23)26-27(7,8)22(4,5)6/h9-15H,16H2,1-8H3. The van der Waals surface area contributed by atoms with Crippen LogP contribution in [0.25, 0.3) is 0 Å².